The molecule has 1 aromatic carbocycles. The molecule has 0 bridgehead atoms. The van der Waals surface area contributed by atoms with E-state index < -0.39 is 0 Å². The molecule has 2 amide bonds. The summed E-state index contributed by atoms with van der Waals surface area (Å²) in [6.45, 7) is 6.66. The Morgan fingerprint density at radius 2 is 2.12 bits per heavy atom. The fraction of sp³-hybridized carbons (Fsp3) is 0.632. The number of ether oxygens (including phenoxy) is 2. The number of benzene rings is 1. The number of carbonyl (C=O) groups is 1. The van der Waals surface area contributed by atoms with Crippen molar-refractivity contribution in [3.63, 3.8) is 0 Å². The third-order valence-corrected chi connectivity index (χ3v) is 5.18. The van der Waals surface area contributed by atoms with Crippen LogP contribution in [0.5, 0.6) is 5.75 Å². The van der Waals surface area contributed by atoms with Crippen LogP contribution in [0.3, 0.4) is 0 Å². The van der Waals surface area contributed by atoms with Crippen molar-refractivity contribution >= 4 is 11.7 Å². The van der Waals surface area contributed by atoms with Crippen molar-refractivity contribution in [1.82, 2.24) is 10.2 Å². The highest BCUT2D eigenvalue weighted by atomic mass is 16.5. The molecule has 1 aromatic rings. The standard InChI is InChI=1S/C19H29N3O3/c1-14-3-4-18(24-2)17(11-14)21-19(23)20-12-15-5-8-22(13-15)16-6-9-25-10-7-16/h3-4,11,15-16H,5-10,12-13H2,1-2H3,(H2,20,21,23)/t15-/m0/s1. The second kappa shape index (κ2) is 8.54. The maximum absolute atomic E-state index is 12.2. The molecular formula is C19H29N3O3. The number of hydrogen-bond donors (Lipinski definition) is 2. The summed E-state index contributed by atoms with van der Waals surface area (Å²) in [6.07, 6.45) is 3.41. The highest BCUT2D eigenvalue weighted by Crippen LogP contribution is 2.25. The number of urea groups is 1. The molecule has 0 unspecified atom stereocenters. The van der Waals surface area contributed by atoms with Gasteiger partial charge >= 0.3 is 6.03 Å². The van der Waals surface area contributed by atoms with Crippen molar-refractivity contribution < 1.29 is 14.3 Å². The lowest BCUT2D eigenvalue weighted by Crippen LogP contribution is -2.39. The van der Waals surface area contributed by atoms with E-state index in [0.717, 1.165) is 51.1 Å². The minimum Gasteiger partial charge on any atom is -0.495 e. The number of rotatable bonds is 5. The van der Waals surface area contributed by atoms with Gasteiger partial charge in [0.05, 0.1) is 12.8 Å². The lowest BCUT2D eigenvalue weighted by molar-refractivity contribution is 0.0412. The number of methoxy groups -OCH3 is 1. The fourth-order valence-electron chi connectivity index (χ4n) is 3.73. The Kier molecular flexibility index (Phi) is 6.15. The van der Waals surface area contributed by atoms with Crippen LogP contribution in [0.25, 0.3) is 0 Å². The first kappa shape index (κ1) is 18.0. The summed E-state index contributed by atoms with van der Waals surface area (Å²) in [5.74, 6) is 1.19. The number of amides is 2. The summed E-state index contributed by atoms with van der Waals surface area (Å²) in [7, 11) is 1.61. The van der Waals surface area contributed by atoms with Crippen molar-refractivity contribution in [2.24, 2.45) is 5.92 Å². The van der Waals surface area contributed by atoms with Gasteiger partial charge in [0.2, 0.25) is 0 Å². The predicted octanol–water partition coefficient (Wildman–Crippen LogP) is 2.63. The van der Waals surface area contributed by atoms with E-state index in [-0.39, 0.29) is 6.03 Å². The molecule has 2 N–H and O–H groups in total. The molecule has 2 fully saturated rings. The Balaban J connectivity index is 1.44. The molecule has 2 saturated heterocycles. The van der Waals surface area contributed by atoms with E-state index in [1.165, 1.54) is 0 Å². The monoisotopic (exact) mass is 347 g/mol. The molecule has 6 nitrogen and oxygen atoms in total. The maximum atomic E-state index is 12.2. The van der Waals surface area contributed by atoms with Crippen LogP contribution in [0, 0.1) is 12.8 Å². The molecule has 0 aromatic heterocycles. The third kappa shape index (κ3) is 4.86. The first-order valence-corrected chi connectivity index (χ1v) is 9.17. The molecule has 1 atom stereocenters. The second-order valence-electron chi connectivity index (χ2n) is 7.03. The van der Waals surface area contributed by atoms with Crippen LogP contribution >= 0.6 is 0 Å². The third-order valence-electron chi connectivity index (χ3n) is 5.18. The van der Waals surface area contributed by atoms with Crippen molar-refractivity contribution in [3.8, 4) is 5.75 Å². The number of aryl methyl sites for hydroxylation is 1. The Morgan fingerprint density at radius 3 is 2.88 bits per heavy atom. The number of anilines is 1. The molecule has 0 radical (unpaired) electrons. The quantitative estimate of drug-likeness (QED) is 0.859. The smallest absolute Gasteiger partial charge is 0.319 e. The largest absolute Gasteiger partial charge is 0.495 e. The van der Waals surface area contributed by atoms with Crippen LogP contribution in [0.15, 0.2) is 18.2 Å². The lowest BCUT2D eigenvalue weighted by Gasteiger charge is -2.31. The topological polar surface area (TPSA) is 62.8 Å². The summed E-state index contributed by atoms with van der Waals surface area (Å²) >= 11 is 0. The van der Waals surface area contributed by atoms with Gasteiger partial charge in [0.1, 0.15) is 5.75 Å². The molecule has 2 aliphatic heterocycles. The van der Waals surface area contributed by atoms with Crippen molar-refractivity contribution in [2.75, 3.05) is 45.3 Å². The first-order valence-electron chi connectivity index (χ1n) is 9.17. The summed E-state index contributed by atoms with van der Waals surface area (Å²) < 4.78 is 10.7. The number of nitrogens with one attached hydrogen (secondary N) is 2. The Hall–Kier alpha value is -1.79. The van der Waals surface area contributed by atoms with Gasteiger partial charge < -0.3 is 20.1 Å². The average Bonchev–Trinajstić information content (AvgIpc) is 3.10. The van der Waals surface area contributed by atoms with E-state index >= 15 is 0 Å². The highest BCUT2D eigenvalue weighted by molar-refractivity contribution is 5.91. The van der Waals surface area contributed by atoms with E-state index in [9.17, 15) is 4.79 Å². The molecule has 0 saturated carbocycles. The van der Waals surface area contributed by atoms with Crippen molar-refractivity contribution in [3.05, 3.63) is 23.8 Å². The second-order valence-corrected chi connectivity index (χ2v) is 7.03. The van der Waals surface area contributed by atoms with Gasteiger partial charge in [-0.05, 0) is 56.3 Å². The minimum absolute atomic E-state index is 0.173. The van der Waals surface area contributed by atoms with Crippen LogP contribution in [0.2, 0.25) is 0 Å². The maximum Gasteiger partial charge on any atom is 0.319 e. The van der Waals surface area contributed by atoms with Gasteiger partial charge in [-0.1, -0.05) is 6.07 Å². The summed E-state index contributed by atoms with van der Waals surface area (Å²) in [4.78, 5) is 14.8. The zero-order chi connectivity index (χ0) is 17.6. The van der Waals surface area contributed by atoms with E-state index in [1.54, 1.807) is 7.11 Å². The van der Waals surface area contributed by atoms with E-state index in [2.05, 4.69) is 15.5 Å². The van der Waals surface area contributed by atoms with Crippen molar-refractivity contribution in [1.29, 1.82) is 0 Å². The normalized spacial score (nSPS) is 21.9. The molecule has 2 aliphatic rings. The fourth-order valence-corrected chi connectivity index (χ4v) is 3.73. The molecule has 6 heteroatoms. The molecule has 0 spiro atoms. The number of hydrogen-bond acceptors (Lipinski definition) is 4. The van der Waals surface area contributed by atoms with Gasteiger partial charge in [-0.15, -0.1) is 0 Å². The van der Waals surface area contributed by atoms with Gasteiger partial charge in [-0.3, -0.25) is 4.90 Å². The van der Waals surface area contributed by atoms with Crippen LogP contribution in [0.1, 0.15) is 24.8 Å². The van der Waals surface area contributed by atoms with Crippen LogP contribution in [-0.2, 0) is 4.74 Å². The summed E-state index contributed by atoms with van der Waals surface area (Å²) in [6, 6.07) is 6.23. The summed E-state index contributed by atoms with van der Waals surface area (Å²) in [5, 5.41) is 5.91. The zero-order valence-corrected chi connectivity index (χ0v) is 15.2. The summed E-state index contributed by atoms with van der Waals surface area (Å²) in [5.41, 5.74) is 1.79. The molecule has 3 rings (SSSR count). The van der Waals surface area contributed by atoms with Crippen LogP contribution in [-0.4, -0.2) is 56.9 Å². The van der Waals surface area contributed by atoms with Gasteiger partial charge in [-0.25, -0.2) is 4.79 Å². The number of nitrogens with zero attached hydrogens (tertiary/aromatic N) is 1. The number of carbonyl (C=O) groups excluding carboxylic acids is 1. The zero-order valence-electron chi connectivity index (χ0n) is 15.2. The van der Waals surface area contributed by atoms with Gasteiger partial charge in [0, 0.05) is 32.3 Å². The highest BCUT2D eigenvalue weighted by Gasteiger charge is 2.29. The first-order chi connectivity index (χ1) is 12.2. The van der Waals surface area contributed by atoms with Gasteiger partial charge in [-0.2, -0.15) is 0 Å². The van der Waals surface area contributed by atoms with Crippen molar-refractivity contribution in [2.45, 2.75) is 32.2 Å². The Morgan fingerprint density at radius 1 is 1.32 bits per heavy atom. The molecule has 0 aliphatic carbocycles. The van der Waals surface area contributed by atoms with E-state index in [4.69, 9.17) is 9.47 Å². The van der Waals surface area contributed by atoms with E-state index in [0.29, 0.717) is 29.9 Å². The van der Waals surface area contributed by atoms with Crippen LogP contribution in [0.4, 0.5) is 10.5 Å². The Bertz CT molecular complexity index is 587. The van der Waals surface area contributed by atoms with Crippen LogP contribution < -0.4 is 15.4 Å². The Labute approximate surface area is 149 Å². The number of likely N-dealkylation sites (tertiary alicyclic amines) is 1. The molecular weight excluding hydrogens is 318 g/mol. The molecule has 138 valence electrons. The van der Waals surface area contributed by atoms with Gasteiger partial charge in [0.25, 0.3) is 0 Å². The minimum atomic E-state index is -0.173. The predicted molar refractivity (Wildman–Crippen MR) is 98.3 cm³/mol. The molecule has 2 heterocycles. The lowest BCUT2D eigenvalue weighted by atomic mass is 10.1. The molecule has 25 heavy (non-hydrogen) atoms. The van der Waals surface area contributed by atoms with Gasteiger partial charge in [0.15, 0.2) is 0 Å². The SMILES string of the molecule is COc1ccc(C)cc1NC(=O)NC[C@@H]1CCN(C2CCOCC2)C1. The van der Waals surface area contributed by atoms with E-state index in [1.807, 2.05) is 25.1 Å². The average molecular weight is 347 g/mol.